The zero-order valence-electron chi connectivity index (χ0n) is 17.7. The molecule has 3 aromatic rings. The summed E-state index contributed by atoms with van der Waals surface area (Å²) in [7, 11) is 0. The first kappa shape index (κ1) is 24.7. The molecule has 4 N–H and O–H groups in total. The van der Waals surface area contributed by atoms with Crippen LogP contribution < -0.4 is 10.6 Å². The molecule has 1 fully saturated rings. The minimum Gasteiger partial charge on any atom is -0.393 e. The van der Waals surface area contributed by atoms with Gasteiger partial charge in [0, 0.05) is 24.2 Å². The lowest BCUT2D eigenvalue weighted by molar-refractivity contribution is -0.0498. The van der Waals surface area contributed by atoms with Crippen molar-refractivity contribution in [3.8, 4) is 0 Å². The Morgan fingerprint density at radius 1 is 1.15 bits per heavy atom. The van der Waals surface area contributed by atoms with E-state index in [9.17, 15) is 23.4 Å². The smallest absolute Gasteiger partial charge is 0.224 e. The number of nitrogens with zero attached hydrogens (tertiary/aromatic N) is 4. The number of imidazole rings is 1. The van der Waals surface area contributed by atoms with Gasteiger partial charge in [0.1, 0.15) is 17.0 Å². The lowest BCUT2D eigenvalue weighted by Gasteiger charge is -2.35. The Labute approximate surface area is 189 Å². The quantitative estimate of drug-likeness (QED) is 0.429. The average molecular weight is 467 g/mol. The van der Waals surface area contributed by atoms with E-state index in [4.69, 9.17) is 0 Å². The molecule has 0 aliphatic heterocycles. The molecule has 33 heavy (non-hydrogen) atoms. The molecule has 0 atom stereocenters. The Hall–Kier alpha value is -2.92. The standard InChI is InChI=1S/C21H25F3N6O2.CH4/c1-11(2)26-19-25-9-16-18(29-19)30(13-3-5-21(32,10-31)6-4-13)20(27-16)28-17-14(23)7-12(22)8-15(17)24;/h7-9,11,13,31-32H,3-6,10H2,1-2H3,(H,27,28)(H,25,26,29);1H4. The van der Waals surface area contributed by atoms with Crippen LogP contribution in [0.25, 0.3) is 11.2 Å². The molecule has 0 spiro atoms. The molecule has 1 aliphatic carbocycles. The van der Waals surface area contributed by atoms with Crippen LogP contribution in [0.15, 0.2) is 18.3 Å². The first-order chi connectivity index (χ1) is 15.2. The van der Waals surface area contributed by atoms with Crippen LogP contribution in [0.1, 0.15) is 53.0 Å². The number of nitrogens with one attached hydrogen (secondary N) is 2. The lowest BCUT2D eigenvalue weighted by Crippen LogP contribution is -2.38. The van der Waals surface area contributed by atoms with E-state index < -0.39 is 28.7 Å². The van der Waals surface area contributed by atoms with Crippen molar-refractivity contribution in [2.75, 3.05) is 17.2 Å². The maximum atomic E-state index is 14.3. The van der Waals surface area contributed by atoms with Gasteiger partial charge in [0.2, 0.25) is 11.9 Å². The van der Waals surface area contributed by atoms with Crippen molar-refractivity contribution in [3.63, 3.8) is 0 Å². The molecule has 0 saturated heterocycles. The number of halogens is 3. The van der Waals surface area contributed by atoms with Gasteiger partial charge in [-0.2, -0.15) is 4.98 Å². The van der Waals surface area contributed by atoms with E-state index in [-0.39, 0.29) is 32.1 Å². The summed E-state index contributed by atoms with van der Waals surface area (Å²) in [6.07, 6.45) is 3.17. The van der Waals surface area contributed by atoms with Crippen molar-refractivity contribution in [1.82, 2.24) is 19.5 Å². The van der Waals surface area contributed by atoms with E-state index in [1.54, 1.807) is 4.57 Å². The highest BCUT2D eigenvalue weighted by Crippen LogP contribution is 2.39. The van der Waals surface area contributed by atoms with Gasteiger partial charge in [-0.1, -0.05) is 7.43 Å². The first-order valence-electron chi connectivity index (χ1n) is 10.5. The van der Waals surface area contributed by atoms with E-state index >= 15 is 0 Å². The topological polar surface area (TPSA) is 108 Å². The number of hydrogen-bond acceptors (Lipinski definition) is 7. The van der Waals surface area contributed by atoms with E-state index in [1.807, 2.05) is 13.8 Å². The van der Waals surface area contributed by atoms with Gasteiger partial charge in [-0.05, 0) is 39.5 Å². The monoisotopic (exact) mass is 466 g/mol. The predicted molar refractivity (Wildman–Crippen MR) is 120 cm³/mol. The SMILES string of the molecule is C.CC(C)Nc1ncc2nc(Nc3c(F)cc(F)cc3F)n(C3CCC(O)(CO)CC3)c2n1. The van der Waals surface area contributed by atoms with Gasteiger partial charge in [0.05, 0.1) is 18.4 Å². The third-order valence-corrected chi connectivity index (χ3v) is 5.64. The summed E-state index contributed by atoms with van der Waals surface area (Å²) < 4.78 is 43.7. The summed E-state index contributed by atoms with van der Waals surface area (Å²) >= 11 is 0. The van der Waals surface area contributed by atoms with Crippen LogP contribution >= 0.6 is 0 Å². The van der Waals surface area contributed by atoms with Crippen molar-refractivity contribution < 1.29 is 23.4 Å². The van der Waals surface area contributed by atoms with Crippen molar-refractivity contribution >= 4 is 28.7 Å². The minimum atomic E-state index is -1.16. The summed E-state index contributed by atoms with van der Waals surface area (Å²) in [5.74, 6) is -2.70. The normalized spacial score (nSPS) is 20.7. The molecular weight excluding hydrogens is 437 g/mol. The maximum absolute atomic E-state index is 14.3. The number of aromatic nitrogens is 4. The van der Waals surface area contributed by atoms with Gasteiger partial charge in [0.15, 0.2) is 17.3 Å². The zero-order valence-corrected chi connectivity index (χ0v) is 17.7. The van der Waals surface area contributed by atoms with E-state index in [0.717, 1.165) is 0 Å². The van der Waals surface area contributed by atoms with Gasteiger partial charge in [-0.3, -0.25) is 4.57 Å². The molecular formula is C22H29F3N6O2. The number of hydrogen-bond donors (Lipinski definition) is 4. The van der Waals surface area contributed by atoms with Crippen LogP contribution in [-0.2, 0) is 0 Å². The predicted octanol–water partition coefficient (Wildman–Crippen LogP) is 4.28. The Bertz CT molecular complexity index is 1110. The molecule has 0 unspecified atom stereocenters. The second-order valence-electron chi connectivity index (χ2n) is 8.49. The largest absolute Gasteiger partial charge is 0.393 e. The van der Waals surface area contributed by atoms with Gasteiger partial charge in [-0.25, -0.2) is 23.1 Å². The van der Waals surface area contributed by atoms with Crippen LogP contribution in [0.3, 0.4) is 0 Å². The molecule has 8 nitrogen and oxygen atoms in total. The third-order valence-electron chi connectivity index (χ3n) is 5.64. The second-order valence-corrected chi connectivity index (χ2v) is 8.49. The van der Waals surface area contributed by atoms with E-state index in [0.29, 0.717) is 54.9 Å². The first-order valence-corrected chi connectivity index (χ1v) is 10.5. The highest BCUT2D eigenvalue weighted by Gasteiger charge is 2.35. The van der Waals surface area contributed by atoms with E-state index in [1.165, 1.54) is 6.20 Å². The zero-order chi connectivity index (χ0) is 23.0. The number of rotatable bonds is 6. The molecule has 1 aromatic carbocycles. The molecule has 2 aromatic heterocycles. The summed E-state index contributed by atoms with van der Waals surface area (Å²) in [4.78, 5) is 13.2. The number of fused-ring (bicyclic) bond motifs is 1. The molecule has 0 radical (unpaired) electrons. The Morgan fingerprint density at radius 3 is 2.36 bits per heavy atom. The fraction of sp³-hybridized carbons (Fsp3) is 0.500. The number of benzene rings is 1. The fourth-order valence-electron chi connectivity index (χ4n) is 3.98. The molecule has 180 valence electrons. The highest BCUT2D eigenvalue weighted by molar-refractivity contribution is 5.76. The van der Waals surface area contributed by atoms with Crippen LogP contribution in [-0.4, -0.2) is 48.0 Å². The maximum Gasteiger partial charge on any atom is 0.224 e. The third kappa shape index (κ3) is 5.03. The summed E-state index contributed by atoms with van der Waals surface area (Å²) in [5, 5.41) is 25.6. The molecule has 11 heteroatoms. The lowest BCUT2D eigenvalue weighted by atomic mass is 9.82. The Morgan fingerprint density at radius 2 is 1.79 bits per heavy atom. The van der Waals surface area contributed by atoms with Crippen molar-refractivity contribution in [2.45, 2.75) is 64.6 Å². The van der Waals surface area contributed by atoms with Gasteiger partial charge >= 0.3 is 0 Å². The van der Waals surface area contributed by atoms with E-state index in [2.05, 4.69) is 25.6 Å². The second kappa shape index (κ2) is 9.52. The molecule has 1 saturated carbocycles. The molecule has 2 heterocycles. The van der Waals surface area contributed by atoms with Gasteiger partial charge < -0.3 is 20.8 Å². The Balaban J connectivity index is 0.00000306. The Kier molecular flexibility index (Phi) is 7.13. The fourth-order valence-corrected chi connectivity index (χ4v) is 3.98. The summed E-state index contributed by atoms with van der Waals surface area (Å²) in [6.45, 7) is 3.54. The minimum absolute atomic E-state index is 0. The molecule has 4 rings (SSSR count). The number of anilines is 3. The van der Waals surface area contributed by atoms with Crippen molar-refractivity contribution in [3.05, 3.63) is 35.8 Å². The van der Waals surface area contributed by atoms with Gasteiger partial charge in [0.25, 0.3) is 0 Å². The van der Waals surface area contributed by atoms with Crippen LogP contribution in [0.2, 0.25) is 0 Å². The van der Waals surface area contributed by atoms with Crippen molar-refractivity contribution in [2.24, 2.45) is 0 Å². The molecule has 0 amide bonds. The van der Waals surface area contributed by atoms with Crippen LogP contribution in [0, 0.1) is 17.5 Å². The summed E-state index contributed by atoms with van der Waals surface area (Å²) in [6, 6.07) is 1.05. The van der Waals surface area contributed by atoms with Crippen LogP contribution in [0.4, 0.5) is 30.8 Å². The average Bonchev–Trinajstić information content (AvgIpc) is 3.08. The number of aliphatic hydroxyl groups excluding tert-OH is 1. The van der Waals surface area contributed by atoms with Crippen molar-refractivity contribution in [1.29, 1.82) is 0 Å². The molecule has 1 aliphatic rings. The number of aliphatic hydroxyl groups is 2. The molecule has 0 bridgehead atoms. The van der Waals surface area contributed by atoms with Crippen LogP contribution in [0.5, 0.6) is 0 Å². The highest BCUT2D eigenvalue weighted by atomic mass is 19.1. The summed E-state index contributed by atoms with van der Waals surface area (Å²) in [5.41, 5.74) is -0.825. The van der Waals surface area contributed by atoms with Gasteiger partial charge in [-0.15, -0.1) is 0 Å².